The van der Waals surface area contributed by atoms with E-state index in [0.717, 1.165) is 37.2 Å². The topological polar surface area (TPSA) is 53.4 Å². The standard InChI is InChI=1S/C24H24N2O2/c27-24(28)23-4-2-1-3-22(23)21-7-5-19(6-8-21)16-26-14-11-20(17-26)15-18-9-12-25-13-10-18/h1-10,12-13,20H,11,14-17H2,(H,27,28). The minimum atomic E-state index is -0.892. The van der Waals surface area contributed by atoms with Gasteiger partial charge in [-0.1, -0.05) is 42.5 Å². The molecule has 0 bridgehead atoms. The quantitative estimate of drug-likeness (QED) is 0.692. The molecular formula is C24H24N2O2. The van der Waals surface area contributed by atoms with E-state index in [9.17, 15) is 9.90 Å². The molecule has 1 N–H and O–H groups in total. The third-order valence-electron chi connectivity index (χ3n) is 5.47. The number of likely N-dealkylation sites (tertiary alicyclic amines) is 1. The van der Waals surface area contributed by atoms with E-state index >= 15 is 0 Å². The van der Waals surface area contributed by atoms with Crippen molar-refractivity contribution in [3.63, 3.8) is 0 Å². The summed E-state index contributed by atoms with van der Waals surface area (Å²) in [6.07, 6.45) is 6.08. The smallest absolute Gasteiger partial charge is 0.336 e. The molecule has 1 fully saturated rings. The summed E-state index contributed by atoms with van der Waals surface area (Å²) in [4.78, 5) is 18.0. The first-order valence-electron chi connectivity index (χ1n) is 9.72. The van der Waals surface area contributed by atoms with Crippen molar-refractivity contribution in [1.29, 1.82) is 0 Å². The Kier molecular flexibility index (Phi) is 5.49. The van der Waals surface area contributed by atoms with Gasteiger partial charge in [0.25, 0.3) is 0 Å². The van der Waals surface area contributed by atoms with Crippen LogP contribution in [0.25, 0.3) is 11.1 Å². The Morgan fingerprint density at radius 2 is 1.75 bits per heavy atom. The van der Waals surface area contributed by atoms with Crippen LogP contribution in [-0.2, 0) is 13.0 Å². The first-order chi connectivity index (χ1) is 13.7. The van der Waals surface area contributed by atoms with Gasteiger partial charge in [0.1, 0.15) is 0 Å². The van der Waals surface area contributed by atoms with Gasteiger partial charge < -0.3 is 5.11 Å². The van der Waals surface area contributed by atoms with Crippen molar-refractivity contribution in [2.75, 3.05) is 13.1 Å². The molecule has 0 radical (unpaired) electrons. The van der Waals surface area contributed by atoms with E-state index in [2.05, 4.69) is 34.1 Å². The van der Waals surface area contributed by atoms with Crippen LogP contribution in [0, 0.1) is 5.92 Å². The summed E-state index contributed by atoms with van der Waals surface area (Å²) in [6.45, 7) is 3.18. The highest BCUT2D eigenvalue weighted by atomic mass is 16.4. The molecule has 0 aliphatic carbocycles. The fourth-order valence-electron chi connectivity index (χ4n) is 4.04. The number of aromatic nitrogens is 1. The van der Waals surface area contributed by atoms with Gasteiger partial charge >= 0.3 is 5.97 Å². The number of rotatable bonds is 6. The number of aromatic carboxylic acids is 1. The van der Waals surface area contributed by atoms with Crippen LogP contribution in [0.3, 0.4) is 0 Å². The minimum Gasteiger partial charge on any atom is -0.478 e. The molecule has 2 aromatic carbocycles. The fourth-order valence-corrected chi connectivity index (χ4v) is 4.04. The predicted octanol–water partition coefficient (Wildman–Crippen LogP) is 4.51. The van der Waals surface area contributed by atoms with E-state index in [1.165, 1.54) is 17.5 Å². The van der Waals surface area contributed by atoms with Gasteiger partial charge in [0, 0.05) is 25.5 Å². The number of carboxylic acid groups (broad SMARTS) is 1. The number of carbonyl (C=O) groups is 1. The number of pyridine rings is 1. The van der Waals surface area contributed by atoms with Gasteiger partial charge in [0.15, 0.2) is 0 Å². The Balaban J connectivity index is 1.38. The van der Waals surface area contributed by atoms with Crippen LogP contribution in [0.2, 0.25) is 0 Å². The zero-order valence-electron chi connectivity index (χ0n) is 15.8. The van der Waals surface area contributed by atoms with Gasteiger partial charge in [0.2, 0.25) is 0 Å². The second kappa shape index (κ2) is 8.36. The monoisotopic (exact) mass is 372 g/mol. The normalized spacial score (nSPS) is 16.9. The second-order valence-corrected chi connectivity index (χ2v) is 7.50. The Morgan fingerprint density at radius 3 is 2.50 bits per heavy atom. The fraction of sp³-hybridized carbons (Fsp3) is 0.250. The molecule has 1 aliphatic rings. The van der Waals surface area contributed by atoms with Gasteiger partial charge in [-0.25, -0.2) is 4.79 Å². The first kappa shape index (κ1) is 18.4. The van der Waals surface area contributed by atoms with E-state index in [1.54, 1.807) is 12.1 Å². The number of carboxylic acids is 1. The number of hydrogen-bond acceptors (Lipinski definition) is 3. The van der Waals surface area contributed by atoms with Crippen molar-refractivity contribution >= 4 is 5.97 Å². The van der Waals surface area contributed by atoms with E-state index in [4.69, 9.17) is 0 Å². The molecule has 1 saturated heterocycles. The van der Waals surface area contributed by atoms with Gasteiger partial charge in [-0.2, -0.15) is 0 Å². The molecule has 0 amide bonds. The Bertz CT molecular complexity index is 938. The second-order valence-electron chi connectivity index (χ2n) is 7.50. The maximum Gasteiger partial charge on any atom is 0.336 e. The van der Waals surface area contributed by atoms with Crippen LogP contribution in [0.5, 0.6) is 0 Å². The Morgan fingerprint density at radius 1 is 1.00 bits per heavy atom. The molecule has 4 nitrogen and oxygen atoms in total. The van der Waals surface area contributed by atoms with Crippen molar-refractivity contribution in [3.05, 3.63) is 89.7 Å². The van der Waals surface area contributed by atoms with E-state index in [0.29, 0.717) is 11.5 Å². The number of nitrogens with zero attached hydrogens (tertiary/aromatic N) is 2. The molecule has 1 unspecified atom stereocenters. The minimum absolute atomic E-state index is 0.341. The SMILES string of the molecule is O=C(O)c1ccccc1-c1ccc(CN2CCC(Cc3ccncc3)C2)cc1. The summed E-state index contributed by atoms with van der Waals surface area (Å²) in [5.41, 5.74) is 4.68. The summed E-state index contributed by atoms with van der Waals surface area (Å²) < 4.78 is 0. The molecule has 1 aromatic heterocycles. The van der Waals surface area contributed by atoms with Crippen LogP contribution in [0.1, 0.15) is 27.9 Å². The van der Waals surface area contributed by atoms with Crippen LogP contribution in [0.15, 0.2) is 73.1 Å². The van der Waals surface area contributed by atoms with E-state index in [-0.39, 0.29) is 0 Å². The molecule has 1 atom stereocenters. The molecule has 4 heteroatoms. The zero-order valence-corrected chi connectivity index (χ0v) is 15.8. The molecular weight excluding hydrogens is 348 g/mol. The highest BCUT2D eigenvalue weighted by Crippen LogP contribution is 2.26. The molecule has 0 saturated carbocycles. The van der Waals surface area contributed by atoms with Crippen LogP contribution >= 0.6 is 0 Å². The van der Waals surface area contributed by atoms with Crippen LogP contribution in [0.4, 0.5) is 0 Å². The maximum atomic E-state index is 11.4. The molecule has 28 heavy (non-hydrogen) atoms. The van der Waals surface area contributed by atoms with Crippen molar-refractivity contribution in [1.82, 2.24) is 9.88 Å². The van der Waals surface area contributed by atoms with Crippen molar-refractivity contribution in [2.45, 2.75) is 19.4 Å². The first-order valence-corrected chi connectivity index (χ1v) is 9.72. The van der Waals surface area contributed by atoms with Gasteiger partial charge in [-0.15, -0.1) is 0 Å². The molecule has 3 aromatic rings. The number of benzene rings is 2. The molecule has 2 heterocycles. The summed E-state index contributed by atoms with van der Waals surface area (Å²) >= 11 is 0. The lowest BCUT2D eigenvalue weighted by Crippen LogP contribution is -2.20. The van der Waals surface area contributed by atoms with Gasteiger partial charge in [-0.05, 0) is 65.8 Å². The third-order valence-corrected chi connectivity index (χ3v) is 5.47. The van der Waals surface area contributed by atoms with Crippen molar-refractivity contribution < 1.29 is 9.90 Å². The summed E-state index contributed by atoms with van der Waals surface area (Å²) in [5.74, 6) is -0.193. The van der Waals surface area contributed by atoms with E-state index in [1.807, 2.05) is 36.7 Å². The van der Waals surface area contributed by atoms with Gasteiger partial charge in [0.05, 0.1) is 5.56 Å². The van der Waals surface area contributed by atoms with Crippen LogP contribution < -0.4 is 0 Å². The highest BCUT2D eigenvalue weighted by molar-refractivity contribution is 5.95. The summed E-state index contributed by atoms with van der Waals surface area (Å²) in [6, 6.07) is 19.7. The predicted molar refractivity (Wildman–Crippen MR) is 110 cm³/mol. The van der Waals surface area contributed by atoms with Crippen molar-refractivity contribution in [3.8, 4) is 11.1 Å². The lowest BCUT2D eigenvalue weighted by Gasteiger charge is -2.16. The number of hydrogen-bond donors (Lipinski definition) is 1. The molecule has 4 rings (SSSR count). The average Bonchev–Trinajstić information content (AvgIpc) is 3.16. The zero-order chi connectivity index (χ0) is 19.3. The Hall–Kier alpha value is -2.98. The van der Waals surface area contributed by atoms with Crippen molar-refractivity contribution in [2.24, 2.45) is 5.92 Å². The lowest BCUT2D eigenvalue weighted by molar-refractivity contribution is 0.0697. The largest absolute Gasteiger partial charge is 0.478 e. The third kappa shape index (κ3) is 4.29. The Labute approximate surface area is 165 Å². The highest BCUT2D eigenvalue weighted by Gasteiger charge is 2.22. The molecule has 142 valence electrons. The van der Waals surface area contributed by atoms with Crippen LogP contribution in [-0.4, -0.2) is 34.0 Å². The molecule has 0 spiro atoms. The summed E-state index contributed by atoms with van der Waals surface area (Å²) in [5, 5.41) is 9.39. The maximum absolute atomic E-state index is 11.4. The lowest BCUT2D eigenvalue weighted by atomic mass is 9.98. The average molecular weight is 372 g/mol. The van der Waals surface area contributed by atoms with E-state index < -0.39 is 5.97 Å². The molecule has 1 aliphatic heterocycles. The summed E-state index contributed by atoms with van der Waals surface area (Å²) in [7, 11) is 0. The van der Waals surface area contributed by atoms with Gasteiger partial charge in [-0.3, -0.25) is 9.88 Å².